The van der Waals surface area contributed by atoms with Crippen LogP contribution in [0.15, 0.2) is 22.9 Å². The number of nitrogens with zero attached hydrogens (tertiary/aromatic N) is 1. The molecule has 4 nitrogen and oxygen atoms in total. The summed E-state index contributed by atoms with van der Waals surface area (Å²) in [6.07, 6.45) is 0.986. The van der Waals surface area contributed by atoms with Crippen molar-refractivity contribution in [3.8, 4) is 5.75 Å². The van der Waals surface area contributed by atoms with E-state index in [-0.39, 0.29) is 0 Å². The van der Waals surface area contributed by atoms with Gasteiger partial charge in [-0.25, -0.2) is 9.78 Å². The smallest absolute Gasteiger partial charge is 0.346 e. The van der Waals surface area contributed by atoms with Crippen molar-refractivity contribution in [1.29, 1.82) is 0 Å². The zero-order valence-electron chi connectivity index (χ0n) is 7.86. The lowest BCUT2D eigenvalue weighted by atomic mass is 10.4. The first-order valence-electron chi connectivity index (χ1n) is 4.00. The van der Waals surface area contributed by atoms with E-state index < -0.39 is 12.1 Å². The first kappa shape index (κ1) is 11.0. The fraction of sp³-hybridized carbons (Fsp3) is 0.333. The van der Waals surface area contributed by atoms with Crippen molar-refractivity contribution in [2.24, 2.45) is 0 Å². The molecule has 0 aliphatic rings. The number of esters is 1. The van der Waals surface area contributed by atoms with Crippen LogP contribution >= 0.6 is 15.9 Å². The van der Waals surface area contributed by atoms with Gasteiger partial charge in [0.15, 0.2) is 11.9 Å². The predicted octanol–water partition coefficient (Wildman–Crippen LogP) is 1.78. The number of rotatable bonds is 3. The van der Waals surface area contributed by atoms with Gasteiger partial charge in [0.05, 0.1) is 7.11 Å². The second-order valence-corrected chi connectivity index (χ2v) is 3.33. The van der Waals surface area contributed by atoms with Crippen LogP contribution in [0.1, 0.15) is 6.92 Å². The molecular formula is C9H10BrNO3. The van der Waals surface area contributed by atoms with Crippen molar-refractivity contribution < 1.29 is 14.3 Å². The van der Waals surface area contributed by atoms with Gasteiger partial charge in [0, 0.05) is 6.20 Å². The topological polar surface area (TPSA) is 48.4 Å². The number of hydrogen-bond acceptors (Lipinski definition) is 4. The lowest BCUT2D eigenvalue weighted by Crippen LogP contribution is -2.25. The fourth-order valence-corrected chi connectivity index (χ4v) is 1.21. The minimum atomic E-state index is -0.638. The average Bonchev–Trinajstić information content (AvgIpc) is 2.20. The highest BCUT2D eigenvalue weighted by atomic mass is 79.9. The summed E-state index contributed by atoms with van der Waals surface area (Å²) < 4.78 is 10.4. The van der Waals surface area contributed by atoms with Crippen molar-refractivity contribution in [3.05, 3.63) is 22.9 Å². The molecule has 1 rings (SSSR count). The molecule has 1 unspecified atom stereocenters. The number of carbonyl (C=O) groups is 1. The van der Waals surface area contributed by atoms with Gasteiger partial charge in [-0.2, -0.15) is 0 Å². The maximum atomic E-state index is 11.0. The Labute approximate surface area is 90.4 Å². The summed E-state index contributed by atoms with van der Waals surface area (Å²) >= 11 is 3.21. The summed E-state index contributed by atoms with van der Waals surface area (Å²) in [7, 11) is 1.32. The third kappa shape index (κ3) is 2.70. The highest BCUT2D eigenvalue weighted by molar-refractivity contribution is 9.10. The Bertz CT molecular complexity index is 330. The number of hydrogen-bond donors (Lipinski definition) is 0. The molecule has 0 saturated carbocycles. The summed E-state index contributed by atoms with van der Waals surface area (Å²) in [5.41, 5.74) is 0. The molecule has 76 valence electrons. The molecule has 1 aromatic rings. The van der Waals surface area contributed by atoms with Gasteiger partial charge < -0.3 is 9.47 Å². The molecule has 0 amide bonds. The Morgan fingerprint density at radius 2 is 2.36 bits per heavy atom. The number of ether oxygens (including phenoxy) is 2. The van der Waals surface area contributed by atoms with E-state index in [1.54, 1.807) is 25.3 Å². The fourth-order valence-electron chi connectivity index (χ4n) is 0.864. The van der Waals surface area contributed by atoms with E-state index in [0.717, 1.165) is 0 Å². The van der Waals surface area contributed by atoms with Gasteiger partial charge in [-0.15, -0.1) is 0 Å². The first-order chi connectivity index (χ1) is 6.65. The molecule has 0 radical (unpaired) electrons. The van der Waals surface area contributed by atoms with Crippen LogP contribution in [-0.4, -0.2) is 24.2 Å². The Hall–Kier alpha value is -1.10. The average molecular weight is 260 g/mol. The van der Waals surface area contributed by atoms with Crippen LogP contribution in [0.2, 0.25) is 0 Å². The number of aromatic nitrogens is 1. The van der Waals surface area contributed by atoms with Crippen LogP contribution in [0, 0.1) is 0 Å². The van der Waals surface area contributed by atoms with E-state index in [9.17, 15) is 4.79 Å². The maximum Gasteiger partial charge on any atom is 0.346 e. The Morgan fingerprint density at radius 1 is 1.64 bits per heavy atom. The molecule has 14 heavy (non-hydrogen) atoms. The van der Waals surface area contributed by atoms with Crippen LogP contribution < -0.4 is 4.74 Å². The molecule has 0 fully saturated rings. The zero-order valence-corrected chi connectivity index (χ0v) is 9.45. The zero-order chi connectivity index (χ0) is 10.6. The molecule has 0 aromatic carbocycles. The van der Waals surface area contributed by atoms with Crippen LogP contribution in [0.5, 0.6) is 5.75 Å². The van der Waals surface area contributed by atoms with Crippen molar-refractivity contribution in [1.82, 2.24) is 4.98 Å². The van der Waals surface area contributed by atoms with Crippen molar-refractivity contribution in [3.63, 3.8) is 0 Å². The van der Waals surface area contributed by atoms with Gasteiger partial charge in [-0.05, 0) is 35.0 Å². The minimum absolute atomic E-state index is 0.416. The van der Waals surface area contributed by atoms with Crippen LogP contribution in [0.25, 0.3) is 0 Å². The summed E-state index contributed by atoms with van der Waals surface area (Å²) in [6.45, 7) is 1.62. The highest BCUT2D eigenvalue weighted by Gasteiger charge is 2.15. The van der Waals surface area contributed by atoms with Crippen molar-refractivity contribution in [2.75, 3.05) is 7.11 Å². The third-order valence-electron chi connectivity index (χ3n) is 1.56. The Morgan fingerprint density at radius 3 is 2.93 bits per heavy atom. The predicted molar refractivity (Wildman–Crippen MR) is 54.0 cm³/mol. The number of methoxy groups -OCH3 is 1. The standard InChI is InChI=1S/C9H10BrNO3/c1-6(9(12)13-2)14-7-4-3-5-11-8(7)10/h3-6H,1-2H3. The van der Waals surface area contributed by atoms with Crippen molar-refractivity contribution in [2.45, 2.75) is 13.0 Å². The minimum Gasteiger partial charge on any atom is -0.476 e. The van der Waals surface area contributed by atoms with Gasteiger partial charge in [-0.3, -0.25) is 0 Å². The van der Waals surface area contributed by atoms with E-state index in [4.69, 9.17) is 4.74 Å². The number of pyridine rings is 1. The van der Waals surface area contributed by atoms with E-state index in [0.29, 0.717) is 10.4 Å². The van der Waals surface area contributed by atoms with Crippen LogP contribution in [0.4, 0.5) is 0 Å². The molecule has 0 aliphatic heterocycles. The summed E-state index contributed by atoms with van der Waals surface area (Å²) in [6, 6.07) is 3.45. The normalized spacial score (nSPS) is 11.9. The molecule has 0 N–H and O–H groups in total. The summed E-state index contributed by atoms with van der Waals surface area (Å²) in [5, 5.41) is 0. The highest BCUT2D eigenvalue weighted by Crippen LogP contribution is 2.22. The molecule has 0 spiro atoms. The lowest BCUT2D eigenvalue weighted by molar-refractivity contribution is -0.147. The molecule has 1 atom stereocenters. The van der Waals surface area contributed by atoms with Gasteiger partial charge >= 0.3 is 5.97 Å². The molecule has 0 saturated heterocycles. The summed E-state index contributed by atoms with van der Waals surface area (Å²) in [4.78, 5) is 15.0. The lowest BCUT2D eigenvalue weighted by Gasteiger charge is -2.12. The van der Waals surface area contributed by atoms with Crippen LogP contribution in [-0.2, 0) is 9.53 Å². The molecule has 0 aliphatic carbocycles. The molecule has 0 bridgehead atoms. The monoisotopic (exact) mass is 259 g/mol. The Balaban J connectivity index is 2.69. The SMILES string of the molecule is COC(=O)C(C)Oc1cccnc1Br. The Kier molecular flexibility index (Phi) is 3.88. The number of halogens is 1. The van der Waals surface area contributed by atoms with E-state index in [1.165, 1.54) is 7.11 Å². The van der Waals surface area contributed by atoms with Gasteiger partial charge in [0.1, 0.15) is 4.60 Å². The van der Waals surface area contributed by atoms with Crippen LogP contribution in [0.3, 0.4) is 0 Å². The van der Waals surface area contributed by atoms with E-state index >= 15 is 0 Å². The largest absolute Gasteiger partial charge is 0.476 e. The van der Waals surface area contributed by atoms with E-state index in [1.807, 2.05) is 0 Å². The molecule has 5 heteroatoms. The third-order valence-corrected chi connectivity index (χ3v) is 2.16. The molecule has 1 heterocycles. The maximum absolute atomic E-state index is 11.0. The quantitative estimate of drug-likeness (QED) is 0.614. The van der Waals surface area contributed by atoms with Gasteiger partial charge in [-0.1, -0.05) is 0 Å². The first-order valence-corrected chi connectivity index (χ1v) is 4.79. The van der Waals surface area contributed by atoms with Gasteiger partial charge in [0.25, 0.3) is 0 Å². The van der Waals surface area contributed by atoms with Gasteiger partial charge in [0.2, 0.25) is 0 Å². The van der Waals surface area contributed by atoms with E-state index in [2.05, 4.69) is 25.7 Å². The summed E-state index contributed by atoms with van der Waals surface area (Å²) in [5.74, 6) is 0.103. The second-order valence-electron chi connectivity index (χ2n) is 2.58. The second kappa shape index (κ2) is 4.95. The molecular weight excluding hydrogens is 250 g/mol. The molecule has 1 aromatic heterocycles. The number of carbonyl (C=O) groups excluding carboxylic acids is 1. The van der Waals surface area contributed by atoms with Crippen molar-refractivity contribution >= 4 is 21.9 Å².